The van der Waals surface area contributed by atoms with Crippen LogP contribution in [0.5, 0.6) is 5.75 Å². The quantitative estimate of drug-likeness (QED) is 0.890. The van der Waals surface area contributed by atoms with E-state index in [2.05, 4.69) is 5.32 Å². The summed E-state index contributed by atoms with van der Waals surface area (Å²) in [4.78, 5) is 11.8. The van der Waals surface area contributed by atoms with Gasteiger partial charge in [-0.05, 0) is 17.7 Å². The summed E-state index contributed by atoms with van der Waals surface area (Å²) in [5.74, 6) is 0.791. The highest BCUT2D eigenvalue weighted by Crippen LogP contribution is 2.21. The molecule has 1 aromatic carbocycles. The van der Waals surface area contributed by atoms with Gasteiger partial charge in [0.2, 0.25) is 5.91 Å². The third-order valence-corrected chi connectivity index (χ3v) is 2.88. The van der Waals surface area contributed by atoms with E-state index in [-0.39, 0.29) is 12.0 Å². The highest BCUT2D eigenvalue weighted by atomic mass is 16.5. The van der Waals surface area contributed by atoms with Gasteiger partial charge < -0.3 is 14.8 Å². The maximum absolute atomic E-state index is 11.8. The highest BCUT2D eigenvalue weighted by Gasteiger charge is 2.22. The molecule has 0 heterocycles. The van der Waals surface area contributed by atoms with E-state index < -0.39 is 5.41 Å². The van der Waals surface area contributed by atoms with Gasteiger partial charge in [0.1, 0.15) is 5.75 Å². The van der Waals surface area contributed by atoms with Crippen LogP contribution in [0.1, 0.15) is 32.4 Å². The van der Waals surface area contributed by atoms with E-state index in [1.54, 1.807) is 14.2 Å². The second-order valence-electron chi connectivity index (χ2n) is 5.46. The summed E-state index contributed by atoms with van der Waals surface area (Å²) >= 11 is 0. The molecule has 19 heavy (non-hydrogen) atoms. The Morgan fingerprint density at radius 3 is 2.53 bits per heavy atom. The van der Waals surface area contributed by atoms with E-state index in [0.717, 1.165) is 11.3 Å². The lowest BCUT2D eigenvalue weighted by Gasteiger charge is -2.21. The maximum atomic E-state index is 11.8. The van der Waals surface area contributed by atoms with Crippen molar-refractivity contribution in [2.75, 3.05) is 20.8 Å². The van der Waals surface area contributed by atoms with Crippen LogP contribution in [0, 0.1) is 5.41 Å². The topological polar surface area (TPSA) is 47.6 Å². The molecule has 1 aromatic rings. The summed E-state index contributed by atoms with van der Waals surface area (Å²) in [6.45, 7) is 6.10. The van der Waals surface area contributed by atoms with Crippen LogP contribution in [-0.2, 0) is 9.53 Å². The van der Waals surface area contributed by atoms with Crippen molar-refractivity contribution < 1.29 is 14.3 Å². The number of carbonyl (C=O) groups is 1. The van der Waals surface area contributed by atoms with E-state index in [9.17, 15) is 4.79 Å². The molecule has 0 spiro atoms. The minimum atomic E-state index is -0.396. The van der Waals surface area contributed by atoms with Crippen molar-refractivity contribution in [3.63, 3.8) is 0 Å². The molecule has 0 aliphatic heterocycles. The number of nitrogens with one attached hydrogen (secondary N) is 1. The van der Waals surface area contributed by atoms with Crippen molar-refractivity contribution >= 4 is 5.91 Å². The molecule has 0 radical (unpaired) electrons. The number of carbonyl (C=O) groups excluding carboxylic acids is 1. The molecular formula is C15H23NO3. The van der Waals surface area contributed by atoms with Crippen molar-refractivity contribution in [1.29, 1.82) is 0 Å². The molecule has 0 saturated carbocycles. The fourth-order valence-corrected chi connectivity index (χ4v) is 1.63. The third-order valence-electron chi connectivity index (χ3n) is 2.88. The second kappa shape index (κ2) is 6.57. The van der Waals surface area contributed by atoms with E-state index in [0.29, 0.717) is 6.54 Å². The number of methoxy groups -OCH3 is 2. The average molecular weight is 265 g/mol. The number of ether oxygens (including phenoxy) is 2. The van der Waals surface area contributed by atoms with Crippen LogP contribution in [0.15, 0.2) is 24.3 Å². The number of hydrogen-bond donors (Lipinski definition) is 1. The third kappa shape index (κ3) is 4.56. The first kappa shape index (κ1) is 15.5. The summed E-state index contributed by atoms with van der Waals surface area (Å²) < 4.78 is 10.6. The largest absolute Gasteiger partial charge is 0.497 e. The first-order valence-corrected chi connectivity index (χ1v) is 6.33. The zero-order valence-electron chi connectivity index (χ0n) is 12.3. The number of rotatable bonds is 5. The molecule has 106 valence electrons. The Morgan fingerprint density at radius 2 is 2.00 bits per heavy atom. The number of benzene rings is 1. The number of hydrogen-bond acceptors (Lipinski definition) is 3. The molecule has 1 N–H and O–H groups in total. The van der Waals surface area contributed by atoms with E-state index >= 15 is 0 Å². The van der Waals surface area contributed by atoms with Crippen LogP contribution in [-0.4, -0.2) is 26.7 Å². The Hall–Kier alpha value is -1.55. The molecule has 0 aromatic heterocycles. The second-order valence-corrected chi connectivity index (χ2v) is 5.46. The zero-order valence-corrected chi connectivity index (χ0v) is 12.3. The van der Waals surface area contributed by atoms with Gasteiger partial charge in [-0.25, -0.2) is 0 Å². The molecule has 1 rings (SSSR count). The fourth-order valence-electron chi connectivity index (χ4n) is 1.63. The van der Waals surface area contributed by atoms with E-state index in [1.807, 2.05) is 45.0 Å². The van der Waals surface area contributed by atoms with Crippen LogP contribution in [0.4, 0.5) is 0 Å². The van der Waals surface area contributed by atoms with Gasteiger partial charge in [0.15, 0.2) is 0 Å². The van der Waals surface area contributed by atoms with Crippen molar-refractivity contribution in [1.82, 2.24) is 5.32 Å². The Labute approximate surface area is 115 Å². The zero-order chi connectivity index (χ0) is 14.5. The molecule has 0 bridgehead atoms. The average Bonchev–Trinajstić information content (AvgIpc) is 2.38. The van der Waals surface area contributed by atoms with Gasteiger partial charge >= 0.3 is 0 Å². The smallest absolute Gasteiger partial charge is 0.225 e. The van der Waals surface area contributed by atoms with Gasteiger partial charge in [0.25, 0.3) is 0 Å². The van der Waals surface area contributed by atoms with Gasteiger partial charge in [0.05, 0.1) is 13.2 Å². The van der Waals surface area contributed by atoms with Gasteiger partial charge in [0, 0.05) is 19.1 Å². The predicted molar refractivity (Wildman–Crippen MR) is 75.2 cm³/mol. The molecule has 0 aliphatic carbocycles. The fraction of sp³-hybridized carbons (Fsp3) is 0.533. The van der Waals surface area contributed by atoms with E-state index in [4.69, 9.17) is 9.47 Å². The van der Waals surface area contributed by atoms with Crippen LogP contribution >= 0.6 is 0 Å². The Balaban J connectivity index is 2.70. The molecule has 4 nitrogen and oxygen atoms in total. The van der Waals surface area contributed by atoms with Crippen molar-refractivity contribution in [3.8, 4) is 5.75 Å². The molecular weight excluding hydrogens is 242 g/mol. The van der Waals surface area contributed by atoms with Gasteiger partial charge in [-0.15, -0.1) is 0 Å². The van der Waals surface area contributed by atoms with Crippen molar-refractivity contribution in [2.45, 2.75) is 26.9 Å². The molecule has 0 unspecified atom stereocenters. The van der Waals surface area contributed by atoms with Gasteiger partial charge in [-0.3, -0.25) is 4.79 Å². The Bertz CT molecular complexity index is 424. The molecule has 1 amide bonds. The lowest BCUT2D eigenvalue weighted by Crippen LogP contribution is -2.37. The molecule has 0 aliphatic rings. The monoisotopic (exact) mass is 265 g/mol. The summed E-state index contributed by atoms with van der Waals surface area (Å²) in [5.41, 5.74) is 0.586. The normalized spacial score (nSPS) is 12.9. The Kier molecular flexibility index (Phi) is 5.36. The molecule has 0 saturated heterocycles. The lowest BCUT2D eigenvalue weighted by molar-refractivity contribution is -0.129. The summed E-state index contributed by atoms with van der Waals surface area (Å²) in [7, 11) is 3.26. The van der Waals surface area contributed by atoms with Crippen LogP contribution in [0.25, 0.3) is 0 Å². The Morgan fingerprint density at radius 1 is 1.32 bits per heavy atom. The standard InChI is InChI=1S/C15H23NO3/c1-15(2,3)14(17)16-10-13(19-5)11-7-6-8-12(9-11)18-4/h6-9,13H,10H2,1-5H3,(H,16,17)/t13-/m0/s1. The maximum Gasteiger partial charge on any atom is 0.225 e. The van der Waals surface area contributed by atoms with Crippen LogP contribution < -0.4 is 10.1 Å². The van der Waals surface area contributed by atoms with Crippen molar-refractivity contribution in [2.24, 2.45) is 5.41 Å². The first-order valence-electron chi connectivity index (χ1n) is 6.33. The SMILES string of the molecule is COc1cccc([C@H](CNC(=O)C(C)(C)C)OC)c1. The van der Waals surface area contributed by atoms with Gasteiger partial charge in [-0.1, -0.05) is 32.9 Å². The molecule has 0 fully saturated rings. The first-order chi connectivity index (χ1) is 8.88. The molecule has 4 heteroatoms. The summed E-state index contributed by atoms with van der Waals surface area (Å²) in [5, 5.41) is 2.90. The van der Waals surface area contributed by atoms with Gasteiger partial charge in [-0.2, -0.15) is 0 Å². The van der Waals surface area contributed by atoms with Crippen LogP contribution in [0.2, 0.25) is 0 Å². The highest BCUT2D eigenvalue weighted by molar-refractivity contribution is 5.81. The predicted octanol–water partition coefficient (Wildman–Crippen LogP) is 2.55. The lowest BCUT2D eigenvalue weighted by atomic mass is 9.95. The minimum Gasteiger partial charge on any atom is -0.497 e. The van der Waals surface area contributed by atoms with Crippen LogP contribution in [0.3, 0.4) is 0 Å². The number of amides is 1. The molecule has 1 atom stereocenters. The van der Waals surface area contributed by atoms with E-state index in [1.165, 1.54) is 0 Å². The minimum absolute atomic E-state index is 0.0115. The summed E-state index contributed by atoms with van der Waals surface area (Å²) in [6, 6.07) is 7.66. The summed E-state index contributed by atoms with van der Waals surface area (Å²) in [6.07, 6.45) is -0.179. The van der Waals surface area contributed by atoms with Crippen molar-refractivity contribution in [3.05, 3.63) is 29.8 Å².